The van der Waals surface area contributed by atoms with Crippen molar-refractivity contribution in [1.29, 1.82) is 5.26 Å². The van der Waals surface area contributed by atoms with Crippen LogP contribution in [0.4, 0.5) is 0 Å². The van der Waals surface area contributed by atoms with Crippen molar-refractivity contribution in [3.63, 3.8) is 0 Å². The molecule has 0 atom stereocenters. The molecule has 1 aromatic carbocycles. The van der Waals surface area contributed by atoms with Crippen molar-refractivity contribution < 1.29 is 4.79 Å². The lowest BCUT2D eigenvalue weighted by molar-refractivity contribution is 0.111. The number of aldehydes is 1. The van der Waals surface area contributed by atoms with Gasteiger partial charge in [-0.05, 0) is 0 Å². The molecule has 5 heteroatoms. The van der Waals surface area contributed by atoms with Gasteiger partial charge in [-0.2, -0.15) is 10.4 Å². The molecule has 5 nitrogen and oxygen atoms in total. The summed E-state index contributed by atoms with van der Waals surface area (Å²) in [5.74, 6) is 0.754. The van der Waals surface area contributed by atoms with Gasteiger partial charge in [-0.25, -0.2) is 9.67 Å². The average Bonchev–Trinajstić information content (AvgIpc) is 2.80. The molecule has 1 aromatic heterocycles. The first-order valence-corrected chi connectivity index (χ1v) is 5.17. The van der Waals surface area contributed by atoms with E-state index >= 15 is 0 Å². The zero-order valence-electron chi connectivity index (χ0n) is 9.08. The second-order valence-corrected chi connectivity index (χ2v) is 3.41. The summed E-state index contributed by atoms with van der Waals surface area (Å²) in [6.45, 7) is 0.379. The third-order valence-corrected chi connectivity index (χ3v) is 2.27. The van der Waals surface area contributed by atoms with Gasteiger partial charge < -0.3 is 0 Å². The number of carbonyl (C=O) groups excluding carboxylic acids is 1. The van der Waals surface area contributed by atoms with E-state index in [2.05, 4.69) is 10.1 Å². The fraction of sp³-hybridized carbons (Fsp3) is 0.167. The van der Waals surface area contributed by atoms with Crippen LogP contribution in [0.5, 0.6) is 0 Å². The number of hydrogen-bond donors (Lipinski definition) is 0. The van der Waals surface area contributed by atoms with Gasteiger partial charge in [0.25, 0.3) is 0 Å². The Balaban J connectivity index is 2.35. The lowest BCUT2D eigenvalue weighted by Crippen LogP contribution is -2.04. The molecule has 1 heterocycles. The molecule has 0 bridgehead atoms. The number of rotatable bonds is 4. The molecule has 2 aromatic rings. The van der Waals surface area contributed by atoms with E-state index in [0.717, 1.165) is 5.56 Å². The van der Waals surface area contributed by atoms with Gasteiger partial charge in [0.2, 0.25) is 0 Å². The normalized spacial score (nSPS) is 9.82. The second kappa shape index (κ2) is 5.03. The lowest BCUT2D eigenvalue weighted by atomic mass is 10.2. The van der Waals surface area contributed by atoms with Crippen LogP contribution in [0.3, 0.4) is 0 Å². The van der Waals surface area contributed by atoms with Gasteiger partial charge in [-0.1, -0.05) is 30.3 Å². The number of nitrogens with zero attached hydrogens (tertiary/aromatic N) is 4. The zero-order valence-corrected chi connectivity index (χ0v) is 9.08. The first kappa shape index (κ1) is 11.0. The van der Waals surface area contributed by atoms with Crippen LogP contribution < -0.4 is 0 Å². The fourth-order valence-electron chi connectivity index (χ4n) is 1.47. The third-order valence-electron chi connectivity index (χ3n) is 2.27. The average molecular weight is 226 g/mol. The van der Waals surface area contributed by atoms with Crippen molar-refractivity contribution in [3.8, 4) is 17.5 Å². The largest absolute Gasteiger partial charge is 0.294 e. The van der Waals surface area contributed by atoms with E-state index in [9.17, 15) is 4.79 Å². The Morgan fingerprint density at radius 1 is 1.35 bits per heavy atom. The van der Waals surface area contributed by atoms with E-state index in [1.807, 2.05) is 36.4 Å². The van der Waals surface area contributed by atoms with E-state index in [-0.39, 0.29) is 5.82 Å². The van der Waals surface area contributed by atoms with Gasteiger partial charge in [0.15, 0.2) is 17.9 Å². The molecule has 0 saturated carbocycles. The van der Waals surface area contributed by atoms with E-state index in [1.165, 1.54) is 4.68 Å². The summed E-state index contributed by atoms with van der Waals surface area (Å²) in [5.41, 5.74) is 0.853. The molecule has 0 radical (unpaired) electrons. The first-order chi connectivity index (χ1) is 8.35. The highest BCUT2D eigenvalue weighted by atomic mass is 16.1. The molecule has 17 heavy (non-hydrogen) atoms. The molecule has 0 aliphatic rings. The first-order valence-electron chi connectivity index (χ1n) is 5.17. The molecule has 2 rings (SSSR count). The highest BCUT2D eigenvalue weighted by Crippen LogP contribution is 2.14. The number of carbonyl (C=O) groups is 1. The lowest BCUT2D eigenvalue weighted by Gasteiger charge is -1.96. The molecule has 0 saturated heterocycles. The van der Waals surface area contributed by atoms with Gasteiger partial charge in [0, 0.05) is 5.56 Å². The van der Waals surface area contributed by atoms with Gasteiger partial charge in [0.05, 0.1) is 19.0 Å². The Morgan fingerprint density at radius 3 is 2.76 bits per heavy atom. The standard InChI is InChI=1S/C12H10N4O/c13-7-4-8-16-11(9-17)14-12(15-16)10-5-2-1-3-6-10/h1-3,5-6,9H,4,8H2. The molecule has 84 valence electrons. The van der Waals surface area contributed by atoms with Gasteiger partial charge in [0.1, 0.15) is 0 Å². The van der Waals surface area contributed by atoms with Crippen LogP contribution in [0.1, 0.15) is 17.0 Å². The van der Waals surface area contributed by atoms with Crippen LogP contribution in [0.15, 0.2) is 30.3 Å². The molecule has 0 N–H and O–H groups in total. The number of aryl methyl sites for hydroxylation is 1. The molecule has 0 spiro atoms. The summed E-state index contributed by atoms with van der Waals surface area (Å²) in [5, 5.41) is 12.7. The molecule has 0 aliphatic carbocycles. The molecular formula is C12H10N4O. The van der Waals surface area contributed by atoms with Crippen LogP contribution in [0.2, 0.25) is 0 Å². The zero-order chi connectivity index (χ0) is 12.1. The molecule has 0 unspecified atom stereocenters. The Kier molecular flexibility index (Phi) is 3.26. The third kappa shape index (κ3) is 2.37. The number of benzene rings is 1. The summed E-state index contributed by atoms with van der Waals surface area (Å²) < 4.78 is 1.46. The maximum atomic E-state index is 10.8. The summed E-state index contributed by atoms with van der Waals surface area (Å²) in [6, 6.07) is 11.4. The fourth-order valence-corrected chi connectivity index (χ4v) is 1.47. The highest BCUT2D eigenvalue weighted by molar-refractivity contribution is 5.70. The second-order valence-electron chi connectivity index (χ2n) is 3.41. The van der Waals surface area contributed by atoms with Crippen LogP contribution in [-0.4, -0.2) is 21.1 Å². The number of nitriles is 1. The van der Waals surface area contributed by atoms with E-state index in [4.69, 9.17) is 5.26 Å². The van der Waals surface area contributed by atoms with Crippen molar-refractivity contribution in [2.75, 3.05) is 0 Å². The Bertz CT molecular complexity index is 554. The summed E-state index contributed by atoms with van der Waals surface area (Å²) in [7, 11) is 0. The van der Waals surface area contributed by atoms with Crippen molar-refractivity contribution in [1.82, 2.24) is 14.8 Å². The maximum absolute atomic E-state index is 10.8. The summed E-state index contributed by atoms with van der Waals surface area (Å²) in [4.78, 5) is 15.0. The molecule has 0 amide bonds. The number of hydrogen-bond acceptors (Lipinski definition) is 4. The minimum Gasteiger partial charge on any atom is -0.294 e. The van der Waals surface area contributed by atoms with Crippen LogP contribution in [0.25, 0.3) is 11.4 Å². The van der Waals surface area contributed by atoms with Crippen LogP contribution in [0, 0.1) is 11.3 Å². The monoisotopic (exact) mass is 226 g/mol. The van der Waals surface area contributed by atoms with E-state index in [0.29, 0.717) is 25.1 Å². The van der Waals surface area contributed by atoms with Crippen molar-refractivity contribution in [2.45, 2.75) is 13.0 Å². The summed E-state index contributed by atoms with van der Waals surface area (Å²) in [6.07, 6.45) is 0.954. The quantitative estimate of drug-likeness (QED) is 0.743. The molecule has 0 fully saturated rings. The summed E-state index contributed by atoms with van der Waals surface area (Å²) >= 11 is 0. The van der Waals surface area contributed by atoms with Gasteiger partial charge in [-0.3, -0.25) is 4.79 Å². The molecular weight excluding hydrogens is 216 g/mol. The van der Waals surface area contributed by atoms with Crippen molar-refractivity contribution >= 4 is 6.29 Å². The topological polar surface area (TPSA) is 71.6 Å². The smallest absolute Gasteiger partial charge is 0.191 e. The SMILES string of the molecule is N#CCCn1nc(-c2ccccc2)nc1C=O. The Morgan fingerprint density at radius 2 is 2.12 bits per heavy atom. The molecule has 0 aliphatic heterocycles. The predicted octanol–water partition coefficient (Wildman–Crippen LogP) is 1.67. The van der Waals surface area contributed by atoms with E-state index in [1.54, 1.807) is 0 Å². The van der Waals surface area contributed by atoms with Crippen molar-refractivity contribution in [2.24, 2.45) is 0 Å². The Hall–Kier alpha value is -2.48. The van der Waals surface area contributed by atoms with E-state index < -0.39 is 0 Å². The Labute approximate surface area is 98.3 Å². The van der Waals surface area contributed by atoms with Gasteiger partial charge in [-0.15, -0.1) is 0 Å². The minimum atomic E-state index is 0.249. The van der Waals surface area contributed by atoms with Crippen LogP contribution in [-0.2, 0) is 6.54 Å². The number of aromatic nitrogens is 3. The maximum Gasteiger partial charge on any atom is 0.191 e. The van der Waals surface area contributed by atoms with Gasteiger partial charge >= 0.3 is 0 Å². The van der Waals surface area contributed by atoms with Crippen molar-refractivity contribution in [3.05, 3.63) is 36.2 Å². The predicted molar refractivity (Wildman–Crippen MR) is 61.1 cm³/mol. The minimum absolute atomic E-state index is 0.249. The van der Waals surface area contributed by atoms with Crippen LogP contribution >= 0.6 is 0 Å². The highest BCUT2D eigenvalue weighted by Gasteiger charge is 2.09.